The van der Waals surface area contributed by atoms with E-state index in [2.05, 4.69) is 10.7 Å². The highest BCUT2D eigenvalue weighted by atomic mass is 35.5. The number of benzene rings is 3. The lowest BCUT2D eigenvalue weighted by Crippen LogP contribution is -2.45. The normalized spacial score (nSPS) is 14.9. The molecular formula is C28H26ClN3O5. The molecule has 1 aliphatic heterocycles. The Morgan fingerprint density at radius 3 is 2.22 bits per heavy atom. The van der Waals surface area contributed by atoms with E-state index >= 15 is 0 Å². The number of hydrazine groups is 1. The van der Waals surface area contributed by atoms with Crippen LogP contribution in [0.5, 0.6) is 0 Å². The Morgan fingerprint density at radius 2 is 1.59 bits per heavy atom. The van der Waals surface area contributed by atoms with Gasteiger partial charge in [0.15, 0.2) is 6.61 Å². The second-order valence-corrected chi connectivity index (χ2v) is 9.11. The van der Waals surface area contributed by atoms with Crippen LogP contribution in [0.1, 0.15) is 29.0 Å². The second kappa shape index (κ2) is 11.7. The first-order valence-corrected chi connectivity index (χ1v) is 12.1. The molecular weight excluding hydrogens is 494 g/mol. The number of halogens is 1. The van der Waals surface area contributed by atoms with Crippen molar-refractivity contribution in [2.24, 2.45) is 5.92 Å². The molecule has 0 aromatic heterocycles. The van der Waals surface area contributed by atoms with Crippen molar-refractivity contribution in [1.29, 1.82) is 0 Å². The van der Waals surface area contributed by atoms with E-state index < -0.39 is 42.1 Å². The van der Waals surface area contributed by atoms with Crippen molar-refractivity contribution in [3.8, 4) is 0 Å². The molecule has 9 heteroatoms. The highest BCUT2D eigenvalue weighted by Crippen LogP contribution is 2.26. The molecule has 3 amide bonds. The van der Waals surface area contributed by atoms with Crippen molar-refractivity contribution in [1.82, 2.24) is 10.4 Å². The molecule has 1 saturated heterocycles. The summed E-state index contributed by atoms with van der Waals surface area (Å²) >= 11 is 6.06. The highest BCUT2D eigenvalue weighted by molar-refractivity contribution is 6.31. The zero-order valence-corrected chi connectivity index (χ0v) is 20.9. The molecule has 1 atom stereocenters. The van der Waals surface area contributed by atoms with E-state index in [0.717, 1.165) is 16.1 Å². The Labute approximate surface area is 219 Å². The molecule has 3 aromatic rings. The third-order valence-corrected chi connectivity index (χ3v) is 6.53. The van der Waals surface area contributed by atoms with Crippen LogP contribution in [0.15, 0.2) is 78.9 Å². The van der Waals surface area contributed by atoms with Crippen molar-refractivity contribution in [2.75, 3.05) is 18.5 Å². The van der Waals surface area contributed by atoms with Crippen LogP contribution in [0, 0.1) is 12.8 Å². The predicted octanol–water partition coefficient (Wildman–Crippen LogP) is 3.84. The molecule has 37 heavy (non-hydrogen) atoms. The molecule has 2 N–H and O–H groups in total. The van der Waals surface area contributed by atoms with Gasteiger partial charge in [-0.3, -0.25) is 29.6 Å². The number of ether oxygens (including phenoxy) is 1. The maximum atomic E-state index is 13.3. The third kappa shape index (κ3) is 6.34. The molecule has 1 fully saturated rings. The topological polar surface area (TPSA) is 105 Å². The van der Waals surface area contributed by atoms with Crippen LogP contribution in [0.25, 0.3) is 0 Å². The largest absolute Gasteiger partial charge is 0.455 e. The molecule has 190 valence electrons. The minimum absolute atomic E-state index is 0.0469. The molecule has 0 unspecified atom stereocenters. The summed E-state index contributed by atoms with van der Waals surface area (Å²) in [6, 6.07) is 23.6. The lowest BCUT2D eigenvalue weighted by molar-refractivity contribution is -0.151. The lowest BCUT2D eigenvalue weighted by atomic mass is 9.91. The molecule has 1 aliphatic rings. The van der Waals surface area contributed by atoms with Crippen molar-refractivity contribution < 1.29 is 23.9 Å². The molecule has 8 nitrogen and oxygen atoms in total. The smallest absolute Gasteiger partial charge is 0.311 e. The Kier molecular flexibility index (Phi) is 8.20. The maximum absolute atomic E-state index is 13.3. The fourth-order valence-electron chi connectivity index (χ4n) is 4.14. The molecule has 0 bridgehead atoms. The number of esters is 1. The van der Waals surface area contributed by atoms with Gasteiger partial charge in [0.25, 0.3) is 11.8 Å². The summed E-state index contributed by atoms with van der Waals surface area (Å²) in [6.07, 6.45) is -0.129. The van der Waals surface area contributed by atoms with E-state index in [1.165, 1.54) is 0 Å². The number of carbonyl (C=O) groups is 4. The Bertz CT molecular complexity index is 1260. The number of nitrogens with one attached hydrogen (secondary N) is 2. The minimum Gasteiger partial charge on any atom is -0.455 e. The molecule has 4 rings (SSSR count). The van der Waals surface area contributed by atoms with Gasteiger partial charge in [0.05, 0.1) is 18.4 Å². The zero-order valence-electron chi connectivity index (χ0n) is 20.1. The average molecular weight is 520 g/mol. The van der Waals surface area contributed by atoms with Gasteiger partial charge < -0.3 is 10.1 Å². The standard InChI is InChI=1S/C28H26ClN3O5/c1-18-22(29)13-8-14-23(18)30-24(33)17-37-28(36)21-15-25(34)32(16-21)31-27(35)26(19-9-4-2-5-10-19)20-11-6-3-7-12-20/h2-14,21,26H,15-17H2,1H3,(H,30,33)(H,31,35)/t21-/m1/s1. The van der Waals surface area contributed by atoms with E-state index in [-0.39, 0.29) is 13.0 Å². The monoisotopic (exact) mass is 519 g/mol. The number of carbonyl (C=O) groups excluding carboxylic acids is 4. The number of amides is 3. The second-order valence-electron chi connectivity index (χ2n) is 8.70. The quantitative estimate of drug-likeness (QED) is 0.440. The first kappa shape index (κ1) is 25.9. The van der Waals surface area contributed by atoms with Crippen molar-refractivity contribution in [3.63, 3.8) is 0 Å². The van der Waals surface area contributed by atoms with E-state index in [1.807, 2.05) is 60.7 Å². The van der Waals surface area contributed by atoms with E-state index in [9.17, 15) is 19.2 Å². The average Bonchev–Trinajstić information content (AvgIpc) is 3.26. The van der Waals surface area contributed by atoms with Gasteiger partial charge in [0.1, 0.15) is 0 Å². The highest BCUT2D eigenvalue weighted by Gasteiger charge is 2.37. The molecule has 3 aromatic carbocycles. The fourth-order valence-corrected chi connectivity index (χ4v) is 4.32. The summed E-state index contributed by atoms with van der Waals surface area (Å²) in [6.45, 7) is 1.21. The summed E-state index contributed by atoms with van der Waals surface area (Å²) in [4.78, 5) is 50.7. The van der Waals surface area contributed by atoms with Gasteiger partial charge in [-0.05, 0) is 35.7 Å². The van der Waals surface area contributed by atoms with Gasteiger partial charge in [-0.25, -0.2) is 0 Å². The van der Waals surface area contributed by atoms with Crippen LogP contribution in [0.4, 0.5) is 5.69 Å². The summed E-state index contributed by atoms with van der Waals surface area (Å²) < 4.78 is 5.14. The fraction of sp³-hybridized carbons (Fsp3) is 0.214. The van der Waals surface area contributed by atoms with Gasteiger partial charge in [0.2, 0.25) is 5.91 Å². The summed E-state index contributed by atoms with van der Waals surface area (Å²) in [7, 11) is 0. The van der Waals surface area contributed by atoms with Gasteiger partial charge in [-0.1, -0.05) is 78.3 Å². The van der Waals surface area contributed by atoms with E-state index in [0.29, 0.717) is 16.3 Å². The van der Waals surface area contributed by atoms with Crippen molar-refractivity contribution in [2.45, 2.75) is 19.3 Å². The van der Waals surface area contributed by atoms with Crippen LogP contribution in [0.2, 0.25) is 5.02 Å². The maximum Gasteiger partial charge on any atom is 0.311 e. The number of hydrogen-bond donors (Lipinski definition) is 2. The molecule has 0 spiro atoms. The summed E-state index contributed by atoms with van der Waals surface area (Å²) in [5.41, 5.74) is 5.42. The van der Waals surface area contributed by atoms with Crippen molar-refractivity contribution >= 4 is 41.0 Å². The van der Waals surface area contributed by atoms with Crippen LogP contribution in [-0.2, 0) is 23.9 Å². The number of hydrogen-bond acceptors (Lipinski definition) is 5. The van der Waals surface area contributed by atoms with Gasteiger partial charge >= 0.3 is 5.97 Å². The Hall–Kier alpha value is -4.17. The third-order valence-electron chi connectivity index (χ3n) is 6.12. The number of rotatable bonds is 8. The SMILES string of the molecule is Cc1c(Cl)cccc1NC(=O)COC(=O)[C@@H]1CC(=O)N(NC(=O)C(c2ccccc2)c2ccccc2)C1. The zero-order chi connectivity index (χ0) is 26.4. The predicted molar refractivity (Wildman–Crippen MR) is 138 cm³/mol. The molecule has 0 radical (unpaired) electrons. The number of nitrogens with zero attached hydrogens (tertiary/aromatic N) is 1. The number of anilines is 1. The van der Waals surface area contributed by atoms with Crippen LogP contribution in [0.3, 0.4) is 0 Å². The first-order chi connectivity index (χ1) is 17.8. The van der Waals surface area contributed by atoms with E-state index in [4.69, 9.17) is 16.3 Å². The summed E-state index contributed by atoms with van der Waals surface area (Å²) in [5, 5.41) is 4.29. The minimum atomic E-state index is -0.805. The Balaban J connectivity index is 1.35. The van der Waals surface area contributed by atoms with Gasteiger partial charge in [-0.15, -0.1) is 0 Å². The van der Waals surface area contributed by atoms with Crippen LogP contribution >= 0.6 is 11.6 Å². The Morgan fingerprint density at radius 1 is 0.973 bits per heavy atom. The molecule has 0 saturated carbocycles. The molecule has 0 aliphatic carbocycles. The van der Waals surface area contributed by atoms with Crippen molar-refractivity contribution in [3.05, 3.63) is 101 Å². The summed E-state index contributed by atoms with van der Waals surface area (Å²) in [5.74, 6) is -3.46. The van der Waals surface area contributed by atoms with E-state index in [1.54, 1.807) is 25.1 Å². The van der Waals surface area contributed by atoms with Crippen LogP contribution < -0.4 is 10.7 Å². The lowest BCUT2D eigenvalue weighted by Gasteiger charge is -2.23. The van der Waals surface area contributed by atoms with Gasteiger partial charge in [0, 0.05) is 17.1 Å². The van der Waals surface area contributed by atoms with Crippen LogP contribution in [-0.4, -0.2) is 41.9 Å². The van der Waals surface area contributed by atoms with Gasteiger partial charge in [-0.2, -0.15) is 0 Å². The first-order valence-electron chi connectivity index (χ1n) is 11.8. The molecule has 1 heterocycles.